The number of quaternary nitrogens is 1. The second-order valence-corrected chi connectivity index (χ2v) is 10.2. The van der Waals surface area contributed by atoms with E-state index in [1.807, 2.05) is 54.0 Å². The first-order valence-corrected chi connectivity index (χ1v) is 13.4. The first kappa shape index (κ1) is 25.7. The van der Waals surface area contributed by atoms with E-state index in [4.69, 9.17) is 0 Å². The minimum Gasteiger partial charge on any atom is -0.435 e. The maximum atomic E-state index is 14.1. The van der Waals surface area contributed by atoms with E-state index >= 15 is 0 Å². The number of nitrogens with one attached hydrogen (secondary N) is 1. The molecule has 0 spiro atoms. The van der Waals surface area contributed by atoms with Gasteiger partial charge in [0.05, 0.1) is 23.9 Å². The van der Waals surface area contributed by atoms with Gasteiger partial charge in [-0.25, -0.2) is 9.78 Å². The lowest BCUT2D eigenvalue weighted by Crippen LogP contribution is -2.60. The third-order valence-corrected chi connectivity index (χ3v) is 7.97. The third kappa shape index (κ3) is 4.49. The molecule has 1 saturated heterocycles. The van der Waals surface area contributed by atoms with Gasteiger partial charge in [0.15, 0.2) is 6.04 Å². The van der Waals surface area contributed by atoms with Crippen molar-refractivity contribution in [2.45, 2.75) is 70.9 Å². The predicted molar refractivity (Wildman–Crippen MR) is 143 cm³/mol. The lowest BCUT2D eigenvalue weighted by Gasteiger charge is -2.33. The van der Waals surface area contributed by atoms with Crippen molar-refractivity contribution in [3.8, 4) is 22.5 Å². The Balaban J connectivity index is 1.54. The number of imide groups is 1. The van der Waals surface area contributed by atoms with Crippen molar-refractivity contribution in [1.82, 2.24) is 30.2 Å². The van der Waals surface area contributed by atoms with E-state index < -0.39 is 16.6 Å². The average Bonchev–Trinajstić information content (AvgIpc) is 3.69. The third-order valence-electron chi connectivity index (χ3n) is 7.97. The molecule has 2 unspecified atom stereocenters. The van der Waals surface area contributed by atoms with Crippen LogP contribution >= 0.6 is 0 Å². The number of amides is 2. The molecule has 0 radical (unpaired) electrons. The molecule has 2 N–H and O–H groups in total. The Morgan fingerprint density at radius 1 is 1.16 bits per heavy atom. The van der Waals surface area contributed by atoms with Gasteiger partial charge < -0.3 is 9.67 Å². The second-order valence-electron chi connectivity index (χ2n) is 10.2. The highest BCUT2D eigenvalue weighted by Gasteiger charge is 2.55. The summed E-state index contributed by atoms with van der Waals surface area (Å²) >= 11 is 0. The molecule has 10 heteroatoms. The van der Waals surface area contributed by atoms with Crippen LogP contribution in [-0.2, 0) is 4.79 Å². The number of hydrogen-bond acceptors (Lipinski definition) is 6. The number of carbonyl (C=O) groups excluding carboxylic acids is 1. The summed E-state index contributed by atoms with van der Waals surface area (Å²) in [4.78, 5) is 31.3. The summed E-state index contributed by atoms with van der Waals surface area (Å²) in [6.07, 6.45) is 6.73. The molecule has 1 aliphatic rings. The fourth-order valence-corrected chi connectivity index (χ4v) is 5.85. The number of likely N-dealkylation sites (tertiary alicyclic amines) is 1. The molecule has 2 amide bonds. The molecule has 4 aromatic rings. The number of carbonyl (C=O) groups is 2. The van der Waals surface area contributed by atoms with E-state index in [0.717, 1.165) is 66.2 Å². The fourth-order valence-electron chi connectivity index (χ4n) is 5.85. The maximum Gasteiger partial charge on any atom is 0.521 e. The Kier molecular flexibility index (Phi) is 7.33. The second kappa shape index (κ2) is 10.8. The minimum absolute atomic E-state index is 0.246. The van der Waals surface area contributed by atoms with Crippen LogP contribution in [0.15, 0.2) is 48.8 Å². The lowest BCUT2D eigenvalue weighted by molar-refractivity contribution is -0.793. The zero-order chi connectivity index (χ0) is 26.7. The van der Waals surface area contributed by atoms with Crippen molar-refractivity contribution < 1.29 is 19.2 Å². The number of benzene rings is 2. The van der Waals surface area contributed by atoms with Crippen LogP contribution in [0.3, 0.4) is 0 Å². The lowest BCUT2D eigenvalue weighted by atomic mass is 9.98. The van der Waals surface area contributed by atoms with Gasteiger partial charge in [0.2, 0.25) is 5.82 Å². The van der Waals surface area contributed by atoms with Crippen molar-refractivity contribution in [1.29, 1.82) is 0 Å². The van der Waals surface area contributed by atoms with Crippen molar-refractivity contribution in [3.63, 3.8) is 0 Å². The van der Waals surface area contributed by atoms with Gasteiger partial charge in [0, 0.05) is 18.4 Å². The quantitative estimate of drug-likeness (QED) is 0.219. The smallest absolute Gasteiger partial charge is 0.435 e. The molecule has 0 aliphatic carbocycles. The van der Waals surface area contributed by atoms with E-state index in [2.05, 4.69) is 32.5 Å². The molecule has 5 rings (SSSR count). The molecule has 2 aromatic heterocycles. The summed E-state index contributed by atoms with van der Waals surface area (Å²) < 4.78 is 1.39. The summed E-state index contributed by atoms with van der Waals surface area (Å²) in [5.41, 5.74) is 4.29. The molecule has 198 valence electrons. The van der Waals surface area contributed by atoms with E-state index in [1.54, 1.807) is 6.33 Å². The summed E-state index contributed by atoms with van der Waals surface area (Å²) in [6, 6.07) is 12.9. The van der Waals surface area contributed by atoms with Gasteiger partial charge in [0.25, 0.3) is 0 Å². The number of H-pyrrole nitrogens is 1. The normalized spacial score (nSPS) is 20.1. The molecule has 0 saturated carbocycles. The van der Waals surface area contributed by atoms with E-state index in [-0.39, 0.29) is 11.9 Å². The number of nitrogens with zero attached hydrogens (tertiary/aromatic N) is 6. The zero-order valence-electron chi connectivity index (χ0n) is 21.9. The summed E-state index contributed by atoms with van der Waals surface area (Å²) in [6.45, 7) is 4.37. The van der Waals surface area contributed by atoms with Gasteiger partial charge in [-0.2, -0.15) is 14.5 Å². The van der Waals surface area contributed by atoms with Crippen LogP contribution in [0.2, 0.25) is 0 Å². The van der Waals surface area contributed by atoms with Crippen molar-refractivity contribution in [2.75, 3.05) is 6.54 Å². The number of hydrogen-bond donors (Lipinski definition) is 2. The van der Waals surface area contributed by atoms with Crippen LogP contribution < -0.4 is 0 Å². The molecule has 3 atom stereocenters. The highest BCUT2D eigenvalue weighted by molar-refractivity contribution is 5.89. The Morgan fingerprint density at radius 3 is 2.66 bits per heavy atom. The van der Waals surface area contributed by atoms with Gasteiger partial charge in [-0.05, 0) is 41.8 Å². The summed E-state index contributed by atoms with van der Waals surface area (Å²) in [5.74, 6) is 0.260. The molecular formula is C28H34N7O3+. The summed E-state index contributed by atoms with van der Waals surface area (Å²) in [7, 11) is 0. The predicted octanol–water partition coefficient (Wildman–Crippen LogP) is 5.60. The number of fused-ring (bicyclic) bond motifs is 1. The Bertz CT molecular complexity index is 1430. The monoisotopic (exact) mass is 516 g/mol. The molecular weight excluding hydrogens is 482 g/mol. The number of tetrazole rings is 1. The molecule has 1 aliphatic heterocycles. The van der Waals surface area contributed by atoms with Crippen LogP contribution in [-0.4, -0.2) is 64.4 Å². The van der Waals surface area contributed by atoms with Crippen molar-refractivity contribution in [2.24, 2.45) is 0 Å². The number of aromatic amines is 1. The topological polar surface area (TPSA) is 127 Å². The standard InChI is InChI=1S/C28H33N7O3/c1-3-4-5-6-13-25(27(36)35(28(37)38)16-9-10-19(35)2)34-18-29-23-17-20(14-15-24(23)34)21-11-7-8-12-22(21)26-30-32-33-31-26/h7-8,11-12,14-15,17-19,25H,3-6,9-10,13,16H2,1-2H3,(H-,30,31,32,33,37,38)/p+1/t19-,25?,35?/m1/s1. The average molecular weight is 517 g/mol. The Hall–Kier alpha value is -3.92. The first-order chi connectivity index (χ1) is 18.5. The van der Waals surface area contributed by atoms with Crippen LogP contribution in [0.1, 0.15) is 64.8 Å². The van der Waals surface area contributed by atoms with Gasteiger partial charge >= 0.3 is 12.0 Å². The van der Waals surface area contributed by atoms with Gasteiger partial charge in [-0.15, -0.1) is 10.2 Å². The first-order valence-electron chi connectivity index (χ1n) is 13.4. The number of carboxylic acid groups (broad SMARTS) is 1. The van der Waals surface area contributed by atoms with Gasteiger partial charge in [-0.3, -0.25) is 0 Å². The largest absolute Gasteiger partial charge is 0.521 e. The van der Waals surface area contributed by atoms with Crippen LogP contribution in [0.4, 0.5) is 4.79 Å². The van der Waals surface area contributed by atoms with Gasteiger partial charge in [0.1, 0.15) is 6.04 Å². The molecule has 3 heterocycles. The highest BCUT2D eigenvalue weighted by Crippen LogP contribution is 2.36. The van der Waals surface area contributed by atoms with Crippen molar-refractivity contribution >= 4 is 23.0 Å². The van der Waals surface area contributed by atoms with Crippen LogP contribution in [0.25, 0.3) is 33.5 Å². The maximum absolute atomic E-state index is 14.1. The fraction of sp³-hybridized carbons (Fsp3) is 0.429. The molecule has 2 aromatic carbocycles. The molecule has 0 bridgehead atoms. The van der Waals surface area contributed by atoms with E-state index in [9.17, 15) is 14.7 Å². The Morgan fingerprint density at radius 2 is 1.97 bits per heavy atom. The summed E-state index contributed by atoms with van der Waals surface area (Å²) in [5, 5.41) is 24.7. The number of unbranched alkanes of at least 4 members (excludes halogenated alkanes) is 3. The SMILES string of the molecule is CCCCCCC(C(=O)[N+]1(C(=O)O)CCC[C@H]1C)n1cnc2cc(-c3ccccc3-c3nn[nH]n3)ccc21. The Labute approximate surface area is 221 Å². The van der Waals surface area contributed by atoms with Crippen LogP contribution in [0, 0.1) is 0 Å². The number of rotatable bonds is 9. The number of imidazole rings is 1. The van der Waals surface area contributed by atoms with E-state index in [0.29, 0.717) is 18.8 Å². The highest BCUT2D eigenvalue weighted by atomic mass is 16.4. The molecule has 38 heavy (non-hydrogen) atoms. The zero-order valence-corrected chi connectivity index (χ0v) is 21.9. The van der Waals surface area contributed by atoms with Gasteiger partial charge in [-0.1, -0.05) is 62.9 Å². The van der Waals surface area contributed by atoms with Crippen molar-refractivity contribution in [3.05, 3.63) is 48.8 Å². The van der Waals surface area contributed by atoms with Crippen LogP contribution in [0.5, 0.6) is 0 Å². The molecule has 1 fully saturated rings. The molecule has 10 nitrogen and oxygen atoms in total. The minimum atomic E-state index is -1.05. The van der Waals surface area contributed by atoms with E-state index in [1.165, 1.54) is 0 Å². The number of aromatic nitrogens is 6.